The lowest BCUT2D eigenvalue weighted by Gasteiger charge is -2.33. The summed E-state index contributed by atoms with van der Waals surface area (Å²) in [4.78, 5) is 27.0. The molecule has 1 aliphatic heterocycles. The highest BCUT2D eigenvalue weighted by atomic mass is 16.5. The molecule has 0 saturated carbocycles. The molecule has 2 atom stereocenters. The van der Waals surface area contributed by atoms with Crippen molar-refractivity contribution in [2.75, 3.05) is 19.7 Å². The van der Waals surface area contributed by atoms with Crippen LogP contribution in [0.4, 0.5) is 0 Å². The third-order valence-corrected chi connectivity index (χ3v) is 4.59. The molecule has 138 valence electrons. The standard InChI is InChI=1S/C18H23N5O3/c1-2-26-18(25)15-9-6-10-22(12-15)17(24)16(23-13-19-20-21-23)11-14-7-4-3-5-8-14/h3-5,7-8,13,15-16H,2,6,9-12H2,1H3. The van der Waals surface area contributed by atoms with E-state index < -0.39 is 6.04 Å². The van der Waals surface area contributed by atoms with E-state index in [1.54, 1.807) is 11.8 Å². The summed E-state index contributed by atoms with van der Waals surface area (Å²) >= 11 is 0. The van der Waals surface area contributed by atoms with Gasteiger partial charge in [0.15, 0.2) is 0 Å². The van der Waals surface area contributed by atoms with Gasteiger partial charge < -0.3 is 9.64 Å². The van der Waals surface area contributed by atoms with Gasteiger partial charge in [0.25, 0.3) is 0 Å². The maximum atomic E-state index is 13.2. The summed E-state index contributed by atoms with van der Waals surface area (Å²) in [6.07, 6.45) is 3.48. The Balaban J connectivity index is 1.75. The van der Waals surface area contributed by atoms with Gasteiger partial charge in [0.05, 0.1) is 12.5 Å². The van der Waals surface area contributed by atoms with E-state index in [1.165, 1.54) is 11.0 Å². The molecule has 3 rings (SSSR count). The zero-order valence-corrected chi connectivity index (χ0v) is 14.8. The number of rotatable bonds is 6. The van der Waals surface area contributed by atoms with Crippen LogP contribution in [0.15, 0.2) is 36.7 Å². The van der Waals surface area contributed by atoms with Crippen LogP contribution >= 0.6 is 0 Å². The lowest BCUT2D eigenvalue weighted by Crippen LogP contribution is -2.46. The number of carbonyl (C=O) groups is 2. The summed E-state index contributed by atoms with van der Waals surface area (Å²) in [5.74, 6) is -0.568. The van der Waals surface area contributed by atoms with Crippen LogP contribution in [0, 0.1) is 5.92 Å². The van der Waals surface area contributed by atoms with E-state index >= 15 is 0 Å². The van der Waals surface area contributed by atoms with Gasteiger partial charge in [0.2, 0.25) is 5.91 Å². The minimum absolute atomic E-state index is 0.0739. The number of piperidine rings is 1. The summed E-state index contributed by atoms with van der Waals surface area (Å²) < 4.78 is 6.61. The summed E-state index contributed by atoms with van der Waals surface area (Å²) in [6, 6.07) is 9.23. The Kier molecular flexibility index (Phi) is 5.93. The molecule has 2 aromatic rings. The zero-order valence-electron chi connectivity index (χ0n) is 14.8. The van der Waals surface area contributed by atoms with Crippen LogP contribution in [0.2, 0.25) is 0 Å². The molecule has 0 bridgehead atoms. The Morgan fingerprint density at radius 1 is 1.31 bits per heavy atom. The third-order valence-electron chi connectivity index (χ3n) is 4.59. The number of carbonyl (C=O) groups excluding carboxylic acids is 2. The van der Waals surface area contributed by atoms with E-state index in [1.807, 2.05) is 30.3 Å². The van der Waals surface area contributed by atoms with Crippen LogP contribution in [0.5, 0.6) is 0 Å². The normalized spacial score (nSPS) is 18.3. The summed E-state index contributed by atoms with van der Waals surface area (Å²) in [7, 11) is 0. The lowest BCUT2D eigenvalue weighted by atomic mass is 9.96. The molecule has 26 heavy (non-hydrogen) atoms. The van der Waals surface area contributed by atoms with Gasteiger partial charge in [-0.3, -0.25) is 9.59 Å². The quantitative estimate of drug-likeness (QED) is 0.723. The first-order valence-electron chi connectivity index (χ1n) is 8.91. The van der Waals surface area contributed by atoms with Crippen LogP contribution in [0.25, 0.3) is 0 Å². The second kappa shape index (κ2) is 8.55. The van der Waals surface area contributed by atoms with E-state index in [2.05, 4.69) is 15.5 Å². The van der Waals surface area contributed by atoms with Crippen LogP contribution in [0.1, 0.15) is 31.4 Å². The Labute approximate surface area is 152 Å². The van der Waals surface area contributed by atoms with Gasteiger partial charge in [-0.05, 0) is 35.8 Å². The van der Waals surface area contributed by atoms with Crippen molar-refractivity contribution in [3.8, 4) is 0 Å². The van der Waals surface area contributed by atoms with E-state index in [4.69, 9.17) is 4.74 Å². The highest BCUT2D eigenvalue weighted by Crippen LogP contribution is 2.23. The molecule has 0 N–H and O–H groups in total. The molecule has 1 amide bonds. The van der Waals surface area contributed by atoms with Gasteiger partial charge in [0.1, 0.15) is 12.4 Å². The van der Waals surface area contributed by atoms with Gasteiger partial charge in [0, 0.05) is 19.5 Å². The molecule has 1 aromatic carbocycles. The molecule has 0 spiro atoms. The number of hydrogen-bond donors (Lipinski definition) is 0. The average molecular weight is 357 g/mol. The third kappa shape index (κ3) is 4.25. The number of ether oxygens (including phenoxy) is 1. The number of hydrogen-bond acceptors (Lipinski definition) is 6. The van der Waals surface area contributed by atoms with Gasteiger partial charge in [-0.1, -0.05) is 30.3 Å². The van der Waals surface area contributed by atoms with Gasteiger partial charge >= 0.3 is 5.97 Å². The van der Waals surface area contributed by atoms with E-state index in [0.29, 0.717) is 26.1 Å². The molecule has 1 fully saturated rings. The molecule has 1 saturated heterocycles. The van der Waals surface area contributed by atoms with Crippen molar-refractivity contribution in [2.24, 2.45) is 5.92 Å². The van der Waals surface area contributed by atoms with Crippen molar-refractivity contribution in [1.29, 1.82) is 0 Å². The predicted octanol–water partition coefficient (Wildman–Crippen LogP) is 1.26. The Morgan fingerprint density at radius 3 is 2.81 bits per heavy atom. The topological polar surface area (TPSA) is 90.2 Å². The number of likely N-dealkylation sites (tertiary alicyclic amines) is 1. The number of esters is 1. The first kappa shape index (κ1) is 18.0. The maximum absolute atomic E-state index is 13.2. The van der Waals surface area contributed by atoms with Crippen molar-refractivity contribution < 1.29 is 14.3 Å². The molecule has 2 heterocycles. The molecule has 0 radical (unpaired) electrons. The Morgan fingerprint density at radius 2 is 2.12 bits per heavy atom. The highest BCUT2D eigenvalue weighted by Gasteiger charge is 2.33. The van der Waals surface area contributed by atoms with Crippen LogP contribution < -0.4 is 0 Å². The second-order valence-electron chi connectivity index (χ2n) is 6.37. The predicted molar refractivity (Wildman–Crippen MR) is 92.9 cm³/mol. The molecule has 0 aliphatic carbocycles. The van der Waals surface area contributed by atoms with E-state index in [-0.39, 0.29) is 17.8 Å². The second-order valence-corrected chi connectivity index (χ2v) is 6.37. The van der Waals surface area contributed by atoms with E-state index in [0.717, 1.165) is 18.4 Å². The SMILES string of the molecule is CCOC(=O)C1CCCN(C(=O)C(Cc2ccccc2)n2cnnn2)C1. The smallest absolute Gasteiger partial charge is 0.310 e. The molecule has 8 nitrogen and oxygen atoms in total. The molecular weight excluding hydrogens is 334 g/mol. The maximum Gasteiger partial charge on any atom is 0.310 e. The number of aromatic nitrogens is 4. The van der Waals surface area contributed by atoms with Crippen LogP contribution in [0.3, 0.4) is 0 Å². The van der Waals surface area contributed by atoms with Gasteiger partial charge in [-0.2, -0.15) is 0 Å². The fourth-order valence-electron chi connectivity index (χ4n) is 3.28. The number of nitrogens with zero attached hydrogens (tertiary/aromatic N) is 5. The zero-order chi connectivity index (χ0) is 18.4. The minimum Gasteiger partial charge on any atom is -0.466 e. The summed E-state index contributed by atoms with van der Waals surface area (Å²) in [5.41, 5.74) is 1.03. The van der Waals surface area contributed by atoms with Crippen molar-refractivity contribution in [2.45, 2.75) is 32.2 Å². The largest absolute Gasteiger partial charge is 0.466 e. The first-order valence-corrected chi connectivity index (χ1v) is 8.91. The van der Waals surface area contributed by atoms with Crippen molar-refractivity contribution >= 4 is 11.9 Å². The van der Waals surface area contributed by atoms with E-state index in [9.17, 15) is 9.59 Å². The summed E-state index contributed by atoms with van der Waals surface area (Å²) in [6.45, 7) is 3.15. The summed E-state index contributed by atoms with van der Waals surface area (Å²) in [5, 5.41) is 11.3. The fraction of sp³-hybridized carbons (Fsp3) is 0.500. The Bertz CT molecular complexity index is 720. The van der Waals surface area contributed by atoms with Gasteiger partial charge in [-0.15, -0.1) is 5.10 Å². The molecule has 1 aliphatic rings. The number of benzene rings is 1. The number of amides is 1. The first-order chi connectivity index (χ1) is 12.7. The fourth-order valence-corrected chi connectivity index (χ4v) is 3.28. The average Bonchev–Trinajstić information content (AvgIpc) is 3.21. The molecule has 8 heteroatoms. The molecule has 2 unspecified atom stereocenters. The van der Waals surface area contributed by atoms with Crippen LogP contribution in [-0.4, -0.2) is 56.7 Å². The minimum atomic E-state index is -0.534. The van der Waals surface area contributed by atoms with Crippen LogP contribution in [-0.2, 0) is 20.7 Å². The monoisotopic (exact) mass is 357 g/mol. The molecule has 1 aromatic heterocycles. The lowest BCUT2D eigenvalue weighted by molar-refractivity contribution is -0.151. The molecular formula is C18H23N5O3. The van der Waals surface area contributed by atoms with Gasteiger partial charge in [-0.25, -0.2) is 4.68 Å². The van der Waals surface area contributed by atoms with Crippen molar-refractivity contribution in [1.82, 2.24) is 25.1 Å². The Hall–Kier alpha value is -2.77. The van der Waals surface area contributed by atoms with Crippen molar-refractivity contribution in [3.63, 3.8) is 0 Å². The number of tetrazole rings is 1. The van der Waals surface area contributed by atoms with Crippen molar-refractivity contribution in [3.05, 3.63) is 42.2 Å². The highest BCUT2D eigenvalue weighted by molar-refractivity contribution is 5.82.